The van der Waals surface area contributed by atoms with Crippen molar-refractivity contribution in [1.82, 2.24) is 25.6 Å². The van der Waals surface area contributed by atoms with Crippen LogP contribution in [0.2, 0.25) is 0 Å². The van der Waals surface area contributed by atoms with Crippen LogP contribution in [0, 0.1) is 0 Å². The molecule has 0 atom stereocenters. The van der Waals surface area contributed by atoms with Gasteiger partial charge in [0.1, 0.15) is 0 Å². The number of alkyl halides is 3. The van der Waals surface area contributed by atoms with Crippen LogP contribution < -0.4 is 31.3 Å². The number of hydrogen-bond donors (Lipinski definition) is 5. The highest BCUT2D eigenvalue weighted by molar-refractivity contribution is 5.98. The summed E-state index contributed by atoms with van der Waals surface area (Å²) in [4.78, 5) is 48.4. The summed E-state index contributed by atoms with van der Waals surface area (Å²) in [5, 5.41) is 13.2. The van der Waals surface area contributed by atoms with Gasteiger partial charge in [-0.3, -0.25) is 14.4 Å². The van der Waals surface area contributed by atoms with E-state index in [4.69, 9.17) is 4.74 Å². The lowest BCUT2D eigenvalue weighted by molar-refractivity contribution is -0.154. The van der Waals surface area contributed by atoms with Crippen LogP contribution in [-0.4, -0.2) is 58.5 Å². The first-order chi connectivity index (χ1) is 18.1. The molecule has 5 heterocycles. The Hall–Kier alpha value is -4.95. The third kappa shape index (κ3) is 7.78. The highest BCUT2D eigenvalue weighted by atomic mass is 19.4. The van der Waals surface area contributed by atoms with E-state index in [2.05, 4.69) is 41.5 Å². The van der Waals surface area contributed by atoms with Crippen LogP contribution in [0.25, 0.3) is 0 Å². The fourth-order valence-corrected chi connectivity index (χ4v) is 3.13. The van der Waals surface area contributed by atoms with Gasteiger partial charge in [-0.15, -0.1) is 0 Å². The number of carbonyl (C=O) groups excluding carboxylic acids is 3. The molecule has 4 aliphatic heterocycles. The van der Waals surface area contributed by atoms with Gasteiger partial charge in [0.05, 0.1) is 13.1 Å². The van der Waals surface area contributed by atoms with E-state index < -0.39 is 36.5 Å². The monoisotopic (exact) mass is 530 g/mol. The normalized spacial score (nSPS) is 14.7. The van der Waals surface area contributed by atoms with Crippen molar-refractivity contribution in [3.63, 3.8) is 0 Å². The summed E-state index contributed by atoms with van der Waals surface area (Å²) in [7, 11) is 0. The van der Waals surface area contributed by atoms with Crippen LogP contribution in [0.3, 0.4) is 0 Å². The second kappa shape index (κ2) is 11.4. The summed E-state index contributed by atoms with van der Waals surface area (Å²) >= 11 is 0. The molecule has 5 N–H and O–H groups in total. The topological polar surface area (TPSA) is 159 Å². The van der Waals surface area contributed by atoms with Gasteiger partial charge in [0, 0.05) is 23.5 Å². The van der Waals surface area contributed by atoms with Crippen molar-refractivity contribution in [1.29, 1.82) is 0 Å². The van der Waals surface area contributed by atoms with Gasteiger partial charge in [-0.05, 0) is 42.0 Å². The molecule has 0 saturated carbocycles. The Balaban J connectivity index is 1.60. The smallest absolute Gasteiger partial charge is 0.422 e. The largest absolute Gasteiger partial charge is 0.454 e. The van der Waals surface area contributed by atoms with Crippen molar-refractivity contribution in [3.05, 3.63) is 59.7 Å². The fraction of sp³-hybridized carbons (Fsp3) is 0.217. The highest BCUT2D eigenvalue weighted by Gasteiger charge is 2.29. The second-order valence-corrected chi connectivity index (χ2v) is 7.93. The zero-order valence-electron chi connectivity index (χ0n) is 19.6. The molecular weight excluding hydrogens is 509 g/mol. The number of aromatic nitrogens is 3. The molecule has 1 aromatic heterocycles. The Kier molecular flexibility index (Phi) is 7.84. The maximum absolute atomic E-state index is 12.7. The van der Waals surface area contributed by atoms with Crippen molar-refractivity contribution in [2.24, 2.45) is 0 Å². The Morgan fingerprint density at radius 2 is 1.34 bits per heavy atom. The number of anilines is 4. The van der Waals surface area contributed by atoms with Gasteiger partial charge >= 0.3 is 12.2 Å². The Morgan fingerprint density at radius 3 is 2.05 bits per heavy atom. The van der Waals surface area contributed by atoms with Crippen LogP contribution in [0.5, 0.6) is 6.01 Å². The molecule has 7 rings (SSSR count). The van der Waals surface area contributed by atoms with Gasteiger partial charge in [0.15, 0.2) is 6.61 Å². The molecule has 2 aromatic carbocycles. The summed E-state index contributed by atoms with van der Waals surface area (Å²) in [6, 6.07) is 12.1. The van der Waals surface area contributed by atoms with Crippen LogP contribution in [-0.2, 0) is 16.1 Å². The molecular formula is C23H21F3N8O4. The fourth-order valence-electron chi connectivity index (χ4n) is 3.13. The molecule has 0 unspecified atom stereocenters. The molecule has 0 radical (unpaired) electrons. The lowest BCUT2D eigenvalue weighted by Crippen LogP contribution is -2.40. The minimum Gasteiger partial charge on any atom is -0.454 e. The molecule has 6 bridgehead atoms. The van der Waals surface area contributed by atoms with E-state index in [1.807, 2.05) is 0 Å². The zero-order valence-corrected chi connectivity index (χ0v) is 19.6. The van der Waals surface area contributed by atoms with E-state index >= 15 is 0 Å². The maximum atomic E-state index is 12.7. The average Bonchev–Trinajstić information content (AvgIpc) is 2.88. The summed E-state index contributed by atoms with van der Waals surface area (Å²) < 4.78 is 42.7. The molecule has 38 heavy (non-hydrogen) atoms. The van der Waals surface area contributed by atoms with Crippen LogP contribution in [0.15, 0.2) is 48.5 Å². The Labute approximate surface area is 213 Å². The third-order valence-corrected chi connectivity index (χ3v) is 4.93. The van der Waals surface area contributed by atoms with Gasteiger partial charge in [-0.1, -0.05) is 12.1 Å². The number of amides is 3. The summed E-state index contributed by atoms with van der Waals surface area (Å²) in [6.07, 6.45) is -4.59. The van der Waals surface area contributed by atoms with E-state index in [0.29, 0.717) is 11.4 Å². The van der Waals surface area contributed by atoms with Gasteiger partial charge in [0.25, 0.3) is 5.91 Å². The first-order valence-corrected chi connectivity index (χ1v) is 11.1. The summed E-state index contributed by atoms with van der Waals surface area (Å²) in [5.41, 5.74) is 1.87. The molecule has 0 saturated heterocycles. The molecule has 4 aliphatic rings. The SMILES string of the molecule is O=C1CNC(=O)c2ccc(cc2)Nc2nc(nc(OCC(F)(F)F)n2)NCc2ccc(cc2)NC(=O)CN1. The van der Waals surface area contributed by atoms with Crippen molar-refractivity contribution in [3.8, 4) is 6.01 Å². The number of nitrogens with one attached hydrogen (secondary N) is 5. The van der Waals surface area contributed by atoms with E-state index in [0.717, 1.165) is 5.56 Å². The van der Waals surface area contributed by atoms with Gasteiger partial charge < -0.3 is 31.3 Å². The summed E-state index contributed by atoms with van der Waals surface area (Å²) in [5.74, 6) is -1.71. The molecule has 0 spiro atoms. The van der Waals surface area contributed by atoms with Crippen molar-refractivity contribution < 1.29 is 32.3 Å². The number of hydrogen-bond acceptors (Lipinski definition) is 9. The maximum Gasteiger partial charge on any atom is 0.422 e. The molecule has 15 heteroatoms. The van der Waals surface area contributed by atoms with Gasteiger partial charge in [0.2, 0.25) is 23.7 Å². The average molecular weight is 530 g/mol. The third-order valence-electron chi connectivity index (χ3n) is 4.93. The molecule has 198 valence electrons. The summed E-state index contributed by atoms with van der Waals surface area (Å²) in [6.45, 7) is -2.04. The number of ether oxygens (including phenoxy) is 1. The minimum atomic E-state index is -4.59. The first-order valence-electron chi connectivity index (χ1n) is 11.1. The minimum absolute atomic E-state index is 0.0501. The lowest BCUT2D eigenvalue weighted by atomic mass is 10.2. The number of benzene rings is 2. The number of nitrogens with zero attached hydrogens (tertiary/aromatic N) is 3. The second-order valence-electron chi connectivity index (χ2n) is 7.93. The van der Waals surface area contributed by atoms with E-state index in [-0.39, 0.29) is 37.1 Å². The van der Waals surface area contributed by atoms with E-state index in [1.165, 1.54) is 24.3 Å². The number of halogens is 3. The van der Waals surface area contributed by atoms with Crippen LogP contribution in [0.1, 0.15) is 15.9 Å². The van der Waals surface area contributed by atoms with Crippen molar-refractivity contribution in [2.75, 3.05) is 35.6 Å². The standard InChI is InChI=1S/C23H21F3N8O4/c24-23(25,26)12-38-22-33-20-29-9-13-1-5-15(6-2-13)30-18(36)11-27-17(35)10-28-19(37)14-3-7-16(8-4-14)31-21(32-20)34-22/h1-8H,9-12H2,(H,27,35)(H,28,37)(H,30,36)(H2,29,31,32,33,34). The predicted molar refractivity (Wildman–Crippen MR) is 129 cm³/mol. The lowest BCUT2D eigenvalue weighted by Gasteiger charge is -2.13. The molecule has 12 nitrogen and oxygen atoms in total. The zero-order chi connectivity index (χ0) is 27.1. The molecule has 0 aliphatic carbocycles. The highest BCUT2D eigenvalue weighted by Crippen LogP contribution is 2.21. The quantitative estimate of drug-likeness (QED) is 0.334. The van der Waals surface area contributed by atoms with Crippen molar-refractivity contribution in [2.45, 2.75) is 12.7 Å². The Bertz CT molecular complexity index is 1320. The Morgan fingerprint density at radius 1 is 0.711 bits per heavy atom. The molecule has 3 aromatic rings. The van der Waals surface area contributed by atoms with Crippen molar-refractivity contribution >= 4 is 41.0 Å². The van der Waals surface area contributed by atoms with Crippen LogP contribution >= 0.6 is 0 Å². The predicted octanol–water partition coefficient (Wildman–Crippen LogP) is 1.97. The van der Waals surface area contributed by atoms with E-state index in [9.17, 15) is 27.6 Å². The number of rotatable bonds is 2. The van der Waals surface area contributed by atoms with Gasteiger partial charge in [-0.2, -0.15) is 28.1 Å². The number of carbonyl (C=O) groups is 3. The van der Waals surface area contributed by atoms with Crippen LogP contribution in [0.4, 0.5) is 36.4 Å². The first kappa shape index (κ1) is 26.1. The molecule has 3 amide bonds. The van der Waals surface area contributed by atoms with E-state index in [1.54, 1.807) is 24.3 Å². The molecule has 0 fully saturated rings. The van der Waals surface area contributed by atoms with Gasteiger partial charge in [-0.25, -0.2) is 0 Å².